The molecule has 3 aromatic rings. The summed E-state index contributed by atoms with van der Waals surface area (Å²) in [4.78, 5) is 8.06. The molecule has 0 amide bonds. The van der Waals surface area contributed by atoms with E-state index in [4.69, 9.17) is 4.74 Å². The third-order valence-corrected chi connectivity index (χ3v) is 3.45. The maximum absolute atomic E-state index is 12.5. The van der Waals surface area contributed by atoms with Crippen molar-refractivity contribution < 1.29 is 13.5 Å². The number of aromatic nitrogens is 4. The summed E-state index contributed by atoms with van der Waals surface area (Å²) in [5.74, 6) is 1.09. The molecule has 2 aromatic heterocycles. The Morgan fingerprint density at radius 3 is 2.84 bits per heavy atom. The average Bonchev–Trinajstić information content (AvgIpc) is 3.06. The van der Waals surface area contributed by atoms with Gasteiger partial charge >= 0.3 is 0 Å². The number of rotatable bonds is 8. The largest absolute Gasteiger partial charge is 0.487 e. The van der Waals surface area contributed by atoms with Crippen molar-refractivity contribution in [2.75, 3.05) is 5.32 Å². The minimum absolute atomic E-state index is 0.264. The van der Waals surface area contributed by atoms with Crippen molar-refractivity contribution in [3.05, 3.63) is 66.5 Å². The highest BCUT2D eigenvalue weighted by atomic mass is 19.3. The van der Waals surface area contributed by atoms with Gasteiger partial charge < -0.3 is 10.1 Å². The fraction of sp³-hybridized carbons (Fsp3) is 0.235. The maximum Gasteiger partial charge on any atom is 0.257 e. The Labute approximate surface area is 143 Å². The lowest BCUT2D eigenvalue weighted by Crippen LogP contribution is -2.14. The highest BCUT2D eigenvalue weighted by molar-refractivity contribution is 5.56. The number of pyridine rings is 1. The Hall–Kier alpha value is -3.03. The molecule has 25 heavy (non-hydrogen) atoms. The van der Waals surface area contributed by atoms with Crippen molar-refractivity contribution in [1.29, 1.82) is 0 Å². The molecule has 0 unspecified atom stereocenters. The van der Waals surface area contributed by atoms with Gasteiger partial charge in [0.1, 0.15) is 31.1 Å². The molecule has 0 spiro atoms. The van der Waals surface area contributed by atoms with Crippen LogP contribution in [0.1, 0.15) is 11.4 Å². The first-order chi connectivity index (χ1) is 12.2. The third kappa shape index (κ3) is 4.72. The van der Waals surface area contributed by atoms with E-state index in [-0.39, 0.29) is 6.54 Å². The van der Waals surface area contributed by atoms with Crippen LogP contribution in [0.5, 0.6) is 5.75 Å². The smallest absolute Gasteiger partial charge is 0.257 e. The maximum atomic E-state index is 12.5. The standard InChI is InChI=1S/C17H17F2N5O/c18-16(19)10-24-17(22-12-23-24)9-21-14-5-1-2-6-15(14)25-11-13-4-3-7-20-8-13/h1-8,12,16,21H,9-11H2. The number of anilines is 1. The lowest BCUT2D eigenvalue weighted by molar-refractivity contribution is 0.120. The molecule has 0 saturated carbocycles. The second-order valence-corrected chi connectivity index (χ2v) is 5.25. The van der Waals surface area contributed by atoms with Crippen LogP contribution >= 0.6 is 0 Å². The van der Waals surface area contributed by atoms with Gasteiger partial charge in [-0.2, -0.15) is 5.10 Å². The van der Waals surface area contributed by atoms with Crippen LogP contribution in [0.25, 0.3) is 0 Å². The molecular formula is C17H17F2N5O. The minimum Gasteiger partial charge on any atom is -0.487 e. The number of hydrogen-bond acceptors (Lipinski definition) is 5. The molecule has 0 bridgehead atoms. The third-order valence-electron chi connectivity index (χ3n) is 3.45. The predicted molar refractivity (Wildman–Crippen MR) is 88.4 cm³/mol. The number of benzene rings is 1. The van der Waals surface area contributed by atoms with E-state index >= 15 is 0 Å². The van der Waals surface area contributed by atoms with Crippen molar-refractivity contribution in [1.82, 2.24) is 19.7 Å². The summed E-state index contributed by atoms with van der Waals surface area (Å²) in [6.45, 7) is 0.171. The molecule has 130 valence electrons. The summed E-state index contributed by atoms with van der Waals surface area (Å²) in [6.07, 6.45) is 2.23. The Kier molecular flexibility index (Phi) is 5.50. The molecular weight excluding hydrogens is 328 g/mol. The molecule has 3 rings (SSSR count). The van der Waals surface area contributed by atoms with Crippen LogP contribution in [0.3, 0.4) is 0 Å². The highest BCUT2D eigenvalue weighted by Gasteiger charge is 2.11. The zero-order valence-corrected chi connectivity index (χ0v) is 13.3. The number of hydrogen-bond donors (Lipinski definition) is 1. The van der Waals surface area contributed by atoms with Gasteiger partial charge in [0.15, 0.2) is 0 Å². The second-order valence-electron chi connectivity index (χ2n) is 5.25. The predicted octanol–water partition coefficient (Wildman–Crippen LogP) is 3.13. The van der Waals surface area contributed by atoms with Gasteiger partial charge in [0.05, 0.1) is 12.2 Å². The first-order valence-electron chi connectivity index (χ1n) is 7.72. The van der Waals surface area contributed by atoms with Gasteiger partial charge in [-0.25, -0.2) is 18.4 Å². The second kappa shape index (κ2) is 8.18. The van der Waals surface area contributed by atoms with Crippen LogP contribution in [0.2, 0.25) is 0 Å². The van der Waals surface area contributed by atoms with E-state index in [2.05, 4.69) is 20.4 Å². The van der Waals surface area contributed by atoms with Crippen molar-refractivity contribution in [2.24, 2.45) is 0 Å². The number of alkyl halides is 2. The van der Waals surface area contributed by atoms with Gasteiger partial charge in [0.25, 0.3) is 6.43 Å². The van der Waals surface area contributed by atoms with Gasteiger partial charge in [0, 0.05) is 18.0 Å². The molecule has 0 aliphatic carbocycles. The van der Waals surface area contributed by atoms with E-state index in [1.54, 1.807) is 12.4 Å². The Morgan fingerprint density at radius 2 is 2.04 bits per heavy atom. The fourth-order valence-corrected chi connectivity index (χ4v) is 2.27. The topological polar surface area (TPSA) is 64.9 Å². The van der Waals surface area contributed by atoms with Crippen molar-refractivity contribution in [3.8, 4) is 5.75 Å². The summed E-state index contributed by atoms with van der Waals surface area (Å²) >= 11 is 0. The molecule has 0 atom stereocenters. The zero-order chi connectivity index (χ0) is 17.5. The van der Waals surface area contributed by atoms with Gasteiger partial charge in [0.2, 0.25) is 0 Å². The van der Waals surface area contributed by atoms with Crippen molar-refractivity contribution in [2.45, 2.75) is 26.1 Å². The van der Waals surface area contributed by atoms with E-state index in [1.165, 1.54) is 11.0 Å². The molecule has 0 aliphatic rings. The van der Waals surface area contributed by atoms with Gasteiger partial charge in [-0.05, 0) is 18.2 Å². The Morgan fingerprint density at radius 1 is 1.16 bits per heavy atom. The molecule has 0 radical (unpaired) electrons. The van der Waals surface area contributed by atoms with Gasteiger partial charge in [-0.15, -0.1) is 0 Å². The summed E-state index contributed by atoms with van der Waals surface area (Å²) < 4.78 is 32.1. The first kappa shape index (κ1) is 16.8. The quantitative estimate of drug-likeness (QED) is 0.679. The molecule has 0 saturated heterocycles. The molecule has 6 nitrogen and oxygen atoms in total. The fourth-order valence-electron chi connectivity index (χ4n) is 2.27. The van der Waals surface area contributed by atoms with E-state index in [0.29, 0.717) is 18.2 Å². The summed E-state index contributed by atoms with van der Waals surface area (Å²) in [7, 11) is 0. The molecule has 1 aromatic carbocycles. The Balaban J connectivity index is 1.64. The van der Waals surface area contributed by atoms with Crippen LogP contribution in [-0.2, 0) is 19.7 Å². The minimum atomic E-state index is -2.48. The number of halogens is 2. The van der Waals surface area contributed by atoms with Gasteiger partial charge in [-0.3, -0.25) is 4.98 Å². The lowest BCUT2D eigenvalue weighted by atomic mass is 10.2. The normalized spacial score (nSPS) is 10.8. The molecule has 0 fully saturated rings. The summed E-state index contributed by atoms with van der Waals surface area (Å²) in [6, 6.07) is 11.2. The van der Waals surface area contributed by atoms with Crippen molar-refractivity contribution >= 4 is 5.69 Å². The van der Waals surface area contributed by atoms with E-state index < -0.39 is 13.0 Å². The number of nitrogens with zero attached hydrogens (tertiary/aromatic N) is 4. The zero-order valence-electron chi connectivity index (χ0n) is 13.3. The molecule has 0 aliphatic heterocycles. The number of ether oxygens (including phenoxy) is 1. The van der Waals surface area contributed by atoms with E-state index in [9.17, 15) is 8.78 Å². The van der Waals surface area contributed by atoms with Gasteiger partial charge in [-0.1, -0.05) is 18.2 Å². The van der Waals surface area contributed by atoms with Crippen LogP contribution in [0.15, 0.2) is 55.1 Å². The molecule has 8 heteroatoms. The molecule has 1 N–H and O–H groups in total. The Bertz CT molecular complexity index is 794. The highest BCUT2D eigenvalue weighted by Crippen LogP contribution is 2.25. The van der Waals surface area contributed by atoms with Crippen molar-refractivity contribution in [3.63, 3.8) is 0 Å². The van der Waals surface area contributed by atoms with E-state index in [1.807, 2.05) is 36.4 Å². The molecule has 2 heterocycles. The summed E-state index contributed by atoms with van der Waals surface area (Å²) in [5.41, 5.74) is 1.70. The monoisotopic (exact) mass is 345 g/mol. The summed E-state index contributed by atoms with van der Waals surface area (Å²) in [5, 5.41) is 6.97. The van der Waals surface area contributed by atoms with Crippen LogP contribution in [0, 0.1) is 0 Å². The number of nitrogens with one attached hydrogen (secondary N) is 1. The van der Waals surface area contributed by atoms with Crippen LogP contribution in [0.4, 0.5) is 14.5 Å². The van der Waals surface area contributed by atoms with E-state index in [0.717, 1.165) is 11.3 Å². The first-order valence-corrected chi connectivity index (χ1v) is 7.72. The average molecular weight is 345 g/mol. The SMILES string of the molecule is FC(F)Cn1ncnc1CNc1ccccc1OCc1cccnc1. The van der Waals surface area contributed by atoms with Crippen LogP contribution in [-0.4, -0.2) is 26.2 Å². The van der Waals surface area contributed by atoms with Crippen LogP contribution < -0.4 is 10.1 Å². The number of para-hydroxylation sites is 2. The lowest BCUT2D eigenvalue weighted by Gasteiger charge is -2.13.